The summed E-state index contributed by atoms with van der Waals surface area (Å²) >= 11 is 0. The van der Waals surface area contributed by atoms with Crippen molar-refractivity contribution in [1.82, 2.24) is 0 Å². The van der Waals surface area contributed by atoms with Crippen molar-refractivity contribution in [2.24, 2.45) is 0 Å². The molecule has 6 heteroatoms. The Bertz CT molecular complexity index is 898. The Labute approximate surface area is 163 Å². The second-order valence-electron chi connectivity index (χ2n) is 6.11. The van der Waals surface area contributed by atoms with Crippen LogP contribution in [-0.4, -0.2) is 31.1 Å². The number of Topliss-reactive ketones (excluding diaryl/α,β-unsaturated/α-hetero) is 1. The highest BCUT2D eigenvalue weighted by Crippen LogP contribution is 2.35. The van der Waals surface area contributed by atoms with Crippen molar-refractivity contribution in [2.75, 3.05) is 13.2 Å². The number of esters is 1. The summed E-state index contributed by atoms with van der Waals surface area (Å²) in [6.07, 6.45) is 0.925. The van der Waals surface area contributed by atoms with Crippen molar-refractivity contribution in [2.45, 2.75) is 26.9 Å². The third-order valence-corrected chi connectivity index (χ3v) is 4.06. The minimum absolute atomic E-state index is 0.200. The van der Waals surface area contributed by atoms with E-state index in [0.717, 1.165) is 11.3 Å². The lowest BCUT2D eigenvalue weighted by atomic mass is 10.1. The number of benzene rings is 2. The molecule has 0 spiro atoms. The average Bonchev–Trinajstić information content (AvgIpc) is 2.98. The topological polar surface area (TPSA) is 71.1 Å². The Balaban J connectivity index is 1.74. The SMILES string of the molecule is CCOC(=O)[C@H](C)Oc1ccc2c(c1)OC(=Cc1ccc(OCC)cc1)C2=O. The van der Waals surface area contributed by atoms with Gasteiger partial charge in [0.25, 0.3) is 0 Å². The monoisotopic (exact) mass is 382 g/mol. The first-order valence-corrected chi connectivity index (χ1v) is 9.16. The van der Waals surface area contributed by atoms with Gasteiger partial charge in [0.1, 0.15) is 17.2 Å². The Kier molecular flexibility index (Phi) is 5.99. The van der Waals surface area contributed by atoms with E-state index in [2.05, 4.69) is 0 Å². The van der Waals surface area contributed by atoms with Crippen molar-refractivity contribution in [3.63, 3.8) is 0 Å². The summed E-state index contributed by atoms with van der Waals surface area (Å²) in [6.45, 7) is 6.14. The summed E-state index contributed by atoms with van der Waals surface area (Å²) in [5.74, 6) is 1.17. The number of allylic oxidation sites excluding steroid dienone is 1. The largest absolute Gasteiger partial charge is 0.494 e. The quantitative estimate of drug-likeness (QED) is 0.532. The van der Waals surface area contributed by atoms with Gasteiger partial charge < -0.3 is 18.9 Å². The van der Waals surface area contributed by atoms with E-state index in [1.807, 2.05) is 31.2 Å². The molecule has 0 radical (unpaired) electrons. The van der Waals surface area contributed by atoms with Crippen LogP contribution < -0.4 is 14.2 Å². The summed E-state index contributed by atoms with van der Waals surface area (Å²) < 4.78 is 21.6. The number of hydrogen-bond donors (Lipinski definition) is 0. The zero-order chi connectivity index (χ0) is 20.1. The van der Waals surface area contributed by atoms with Crippen LogP contribution in [0.1, 0.15) is 36.7 Å². The molecular weight excluding hydrogens is 360 g/mol. The lowest BCUT2D eigenvalue weighted by Gasteiger charge is -2.13. The number of hydrogen-bond acceptors (Lipinski definition) is 6. The summed E-state index contributed by atoms with van der Waals surface area (Å²) in [4.78, 5) is 24.3. The Morgan fingerprint density at radius 3 is 2.46 bits per heavy atom. The zero-order valence-corrected chi connectivity index (χ0v) is 16.1. The normalized spacial score (nSPS) is 15.0. The Morgan fingerprint density at radius 2 is 1.79 bits per heavy atom. The number of carbonyl (C=O) groups excluding carboxylic acids is 2. The van der Waals surface area contributed by atoms with E-state index >= 15 is 0 Å². The van der Waals surface area contributed by atoms with E-state index in [9.17, 15) is 9.59 Å². The molecule has 0 amide bonds. The molecule has 6 nitrogen and oxygen atoms in total. The van der Waals surface area contributed by atoms with Crippen LogP contribution in [0.4, 0.5) is 0 Å². The molecule has 0 aromatic heterocycles. The first kappa shape index (κ1) is 19.5. The van der Waals surface area contributed by atoms with Crippen molar-refractivity contribution in [1.29, 1.82) is 0 Å². The molecule has 0 unspecified atom stereocenters. The van der Waals surface area contributed by atoms with Crippen LogP contribution in [0.3, 0.4) is 0 Å². The molecule has 0 bridgehead atoms. The van der Waals surface area contributed by atoms with Crippen LogP contribution in [-0.2, 0) is 9.53 Å². The molecule has 28 heavy (non-hydrogen) atoms. The van der Waals surface area contributed by atoms with Crippen molar-refractivity contribution >= 4 is 17.8 Å². The van der Waals surface area contributed by atoms with Crippen LogP contribution in [0, 0.1) is 0 Å². The van der Waals surface area contributed by atoms with Gasteiger partial charge in [-0.2, -0.15) is 0 Å². The third kappa shape index (κ3) is 4.34. The predicted octanol–water partition coefficient (Wildman–Crippen LogP) is 4.03. The van der Waals surface area contributed by atoms with Crippen molar-refractivity contribution in [3.05, 3.63) is 59.4 Å². The molecule has 0 saturated heterocycles. The maximum Gasteiger partial charge on any atom is 0.347 e. The first-order valence-electron chi connectivity index (χ1n) is 9.16. The van der Waals surface area contributed by atoms with Gasteiger partial charge in [0.2, 0.25) is 5.78 Å². The summed E-state index contributed by atoms with van der Waals surface area (Å²) in [7, 11) is 0. The molecule has 146 valence electrons. The highest BCUT2D eigenvalue weighted by Gasteiger charge is 2.28. The molecular formula is C22H22O6. The van der Waals surface area contributed by atoms with Crippen LogP contribution >= 0.6 is 0 Å². The minimum atomic E-state index is -0.756. The second-order valence-corrected chi connectivity index (χ2v) is 6.11. The van der Waals surface area contributed by atoms with Crippen LogP contribution in [0.25, 0.3) is 6.08 Å². The number of ether oxygens (including phenoxy) is 4. The van der Waals surface area contributed by atoms with E-state index in [1.54, 1.807) is 38.1 Å². The fourth-order valence-electron chi connectivity index (χ4n) is 2.73. The van der Waals surface area contributed by atoms with Gasteiger partial charge >= 0.3 is 5.97 Å². The summed E-state index contributed by atoms with van der Waals surface area (Å²) in [5, 5.41) is 0. The maximum atomic E-state index is 12.6. The molecule has 0 saturated carbocycles. The van der Waals surface area contributed by atoms with Gasteiger partial charge in [0.05, 0.1) is 18.8 Å². The molecule has 2 aromatic rings. The fraction of sp³-hybridized carbons (Fsp3) is 0.273. The van der Waals surface area contributed by atoms with E-state index in [0.29, 0.717) is 23.7 Å². The number of fused-ring (bicyclic) bond motifs is 1. The smallest absolute Gasteiger partial charge is 0.347 e. The van der Waals surface area contributed by atoms with E-state index in [-0.39, 0.29) is 18.1 Å². The van der Waals surface area contributed by atoms with Crippen molar-refractivity contribution in [3.8, 4) is 17.2 Å². The van der Waals surface area contributed by atoms with Crippen molar-refractivity contribution < 1.29 is 28.5 Å². The van der Waals surface area contributed by atoms with Crippen LogP contribution in [0.15, 0.2) is 48.2 Å². The van der Waals surface area contributed by atoms with Gasteiger partial charge in [-0.1, -0.05) is 12.1 Å². The van der Waals surface area contributed by atoms with Gasteiger partial charge in [0, 0.05) is 6.07 Å². The molecule has 1 aliphatic heterocycles. The van der Waals surface area contributed by atoms with Gasteiger partial charge in [-0.25, -0.2) is 4.79 Å². The molecule has 0 N–H and O–H groups in total. The summed E-state index contributed by atoms with van der Waals surface area (Å²) in [5.41, 5.74) is 1.28. The van der Waals surface area contributed by atoms with Crippen LogP contribution in [0.5, 0.6) is 17.2 Å². The Hall–Kier alpha value is -3.28. The third-order valence-electron chi connectivity index (χ3n) is 4.06. The molecule has 1 atom stereocenters. The number of rotatable bonds is 7. The molecule has 1 aliphatic rings. The van der Waals surface area contributed by atoms with Gasteiger partial charge in [-0.15, -0.1) is 0 Å². The van der Waals surface area contributed by atoms with E-state index in [4.69, 9.17) is 18.9 Å². The second kappa shape index (κ2) is 8.61. The predicted molar refractivity (Wildman–Crippen MR) is 104 cm³/mol. The average molecular weight is 382 g/mol. The maximum absolute atomic E-state index is 12.6. The molecule has 0 fully saturated rings. The molecule has 3 rings (SSSR count). The van der Waals surface area contributed by atoms with E-state index < -0.39 is 12.1 Å². The minimum Gasteiger partial charge on any atom is -0.494 e. The standard InChI is InChI=1S/C22H22O6/c1-4-25-16-8-6-15(7-9-16)12-20-21(23)18-11-10-17(13-19(18)28-20)27-14(3)22(24)26-5-2/h6-14H,4-5H2,1-3H3/t14-/m0/s1. The first-order chi connectivity index (χ1) is 13.5. The number of carbonyl (C=O) groups is 2. The molecule has 0 aliphatic carbocycles. The summed E-state index contributed by atoms with van der Waals surface area (Å²) in [6, 6.07) is 12.2. The Morgan fingerprint density at radius 1 is 1.07 bits per heavy atom. The number of ketones is 1. The van der Waals surface area contributed by atoms with Gasteiger partial charge in [-0.3, -0.25) is 4.79 Å². The zero-order valence-electron chi connectivity index (χ0n) is 16.1. The highest BCUT2D eigenvalue weighted by molar-refractivity contribution is 6.14. The fourth-order valence-corrected chi connectivity index (χ4v) is 2.73. The molecule has 2 aromatic carbocycles. The highest BCUT2D eigenvalue weighted by atomic mass is 16.6. The van der Waals surface area contributed by atoms with Crippen LogP contribution in [0.2, 0.25) is 0 Å². The van der Waals surface area contributed by atoms with Gasteiger partial charge in [-0.05, 0) is 56.7 Å². The van der Waals surface area contributed by atoms with Gasteiger partial charge in [0.15, 0.2) is 11.9 Å². The lowest BCUT2D eigenvalue weighted by Crippen LogP contribution is -2.26. The lowest BCUT2D eigenvalue weighted by molar-refractivity contribution is -0.150. The van der Waals surface area contributed by atoms with E-state index in [1.165, 1.54) is 0 Å². The molecule has 1 heterocycles.